The van der Waals surface area contributed by atoms with Gasteiger partial charge in [0.1, 0.15) is 13.1 Å². The summed E-state index contributed by atoms with van der Waals surface area (Å²) in [5.41, 5.74) is 4.94. The molecule has 0 saturated carbocycles. The third-order valence-corrected chi connectivity index (χ3v) is 2.98. The average Bonchev–Trinajstić information content (AvgIpc) is 2.24. The van der Waals surface area contributed by atoms with E-state index in [1.54, 1.807) is 13.2 Å². The van der Waals surface area contributed by atoms with Gasteiger partial charge < -0.3 is 21.1 Å². The van der Waals surface area contributed by atoms with Crippen LogP contribution in [0.1, 0.15) is 13.3 Å². The molecule has 0 spiro atoms. The first-order valence-electron chi connectivity index (χ1n) is 5.58. The van der Waals surface area contributed by atoms with Gasteiger partial charge in [0.05, 0.1) is 0 Å². The highest BCUT2D eigenvalue weighted by molar-refractivity contribution is 7.84. The number of amides is 3. The summed E-state index contributed by atoms with van der Waals surface area (Å²) < 4.78 is 10.9. The second kappa shape index (κ2) is 8.46. The number of nitrogens with zero attached hydrogens (tertiary/aromatic N) is 1. The number of hydrogen-bond acceptors (Lipinski definition) is 4. The lowest BCUT2D eigenvalue weighted by Gasteiger charge is -2.22. The molecule has 0 saturated heterocycles. The molecule has 2 atom stereocenters. The number of rotatable bonds is 8. The summed E-state index contributed by atoms with van der Waals surface area (Å²) in [6.07, 6.45) is 2.05. The number of carbonyl (C=O) groups is 3. The van der Waals surface area contributed by atoms with E-state index in [1.165, 1.54) is 0 Å². The molecule has 0 bridgehead atoms. The smallest absolute Gasteiger partial charge is 0.323 e. The summed E-state index contributed by atoms with van der Waals surface area (Å²) in [6, 6.07) is -0.962. The maximum absolute atomic E-state index is 11.7. The molecule has 0 aromatic carbocycles. The van der Waals surface area contributed by atoms with Crippen LogP contribution < -0.4 is 11.1 Å². The zero-order chi connectivity index (χ0) is 15.0. The number of carboxylic acid groups (broad SMARTS) is 1. The maximum atomic E-state index is 11.7. The maximum Gasteiger partial charge on any atom is 0.323 e. The predicted octanol–water partition coefficient (Wildman–Crippen LogP) is -1.27. The summed E-state index contributed by atoms with van der Waals surface area (Å²) in [4.78, 5) is 33.9. The highest BCUT2D eigenvalue weighted by atomic mass is 32.2. The van der Waals surface area contributed by atoms with E-state index in [0.717, 1.165) is 4.90 Å². The van der Waals surface area contributed by atoms with Crippen molar-refractivity contribution in [3.8, 4) is 0 Å². The standard InChI is InChI=1S/C10H19N3O5S/c1-7(3-4-19(2)18)12-10(17)13(5-8(11)14)6-9(15)16/h7H,3-6H2,1-2H3,(H2,11,14)(H,12,17)(H,15,16). The van der Waals surface area contributed by atoms with Crippen LogP contribution in [0.2, 0.25) is 0 Å². The molecule has 0 aromatic rings. The zero-order valence-corrected chi connectivity index (χ0v) is 11.7. The summed E-state index contributed by atoms with van der Waals surface area (Å²) in [7, 11) is -0.963. The SMILES string of the molecule is CC(CCS(C)=O)NC(=O)N(CC(N)=O)CC(=O)O. The molecule has 0 fully saturated rings. The Labute approximate surface area is 113 Å². The summed E-state index contributed by atoms with van der Waals surface area (Å²) in [5.74, 6) is -1.60. The first kappa shape index (κ1) is 17.4. The van der Waals surface area contributed by atoms with Gasteiger partial charge in [-0.2, -0.15) is 0 Å². The molecule has 0 aromatic heterocycles. The summed E-state index contributed by atoms with van der Waals surface area (Å²) in [6.45, 7) is 0.625. The fraction of sp³-hybridized carbons (Fsp3) is 0.700. The van der Waals surface area contributed by atoms with Crippen LogP contribution in [-0.2, 0) is 20.4 Å². The Morgan fingerprint density at radius 3 is 2.37 bits per heavy atom. The van der Waals surface area contributed by atoms with Crippen LogP contribution >= 0.6 is 0 Å². The van der Waals surface area contributed by atoms with E-state index in [9.17, 15) is 18.6 Å². The number of aliphatic carboxylic acids is 1. The van der Waals surface area contributed by atoms with Gasteiger partial charge in [-0.25, -0.2) is 4.79 Å². The van der Waals surface area contributed by atoms with Crippen LogP contribution in [-0.4, -0.2) is 63.3 Å². The monoisotopic (exact) mass is 293 g/mol. The Hall–Kier alpha value is -1.64. The van der Waals surface area contributed by atoms with Gasteiger partial charge in [-0.3, -0.25) is 13.8 Å². The molecule has 0 radical (unpaired) electrons. The van der Waals surface area contributed by atoms with E-state index < -0.39 is 41.8 Å². The van der Waals surface area contributed by atoms with E-state index in [4.69, 9.17) is 10.8 Å². The van der Waals surface area contributed by atoms with Gasteiger partial charge in [0, 0.05) is 28.9 Å². The highest BCUT2D eigenvalue weighted by Gasteiger charge is 2.20. The average molecular weight is 293 g/mol. The van der Waals surface area contributed by atoms with Crippen LogP contribution in [0.25, 0.3) is 0 Å². The molecule has 2 unspecified atom stereocenters. The van der Waals surface area contributed by atoms with Crippen LogP contribution in [0.5, 0.6) is 0 Å². The van der Waals surface area contributed by atoms with Crippen molar-refractivity contribution in [1.29, 1.82) is 0 Å². The van der Waals surface area contributed by atoms with Crippen molar-refractivity contribution < 1.29 is 23.7 Å². The molecule has 9 heteroatoms. The molecular weight excluding hydrogens is 274 g/mol. The molecule has 0 aliphatic heterocycles. The lowest BCUT2D eigenvalue weighted by Crippen LogP contribution is -2.49. The molecule has 0 rings (SSSR count). The van der Waals surface area contributed by atoms with Gasteiger partial charge in [-0.1, -0.05) is 0 Å². The molecule has 3 amide bonds. The van der Waals surface area contributed by atoms with E-state index in [-0.39, 0.29) is 6.04 Å². The van der Waals surface area contributed by atoms with Crippen LogP contribution in [0.15, 0.2) is 0 Å². The Kier molecular flexibility index (Phi) is 7.73. The number of urea groups is 1. The topological polar surface area (TPSA) is 130 Å². The predicted molar refractivity (Wildman–Crippen MR) is 69.9 cm³/mol. The van der Waals surface area contributed by atoms with Crippen molar-refractivity contribution >= 4 is 28.7 Å². The van der Waals surface area contributed by atoms with Gasteiger partial charge in [-0.05, 0) is 13.3 Å². The summed E-state index contributed by atoms with van der Waals surface area (Å²) >= 11 is 0. The Bertz CT molecular complexity index is 358. The van der Waals surface area contributed by atoms with E-state index in [1.807, 2.05) is 0 Å². The van der Waals surface area contributed by atoms with Crippen molar-refractivity contribution in [1.82, 2.24) is 10.2 Å². The number of nitrogens with one attached hydrogen (secondary N) is 1. The van der Waals surface area contributed by atoms with E-state index >= 15 is 0 Å². The third-order valence-electron chi connectivity index (χ3n) is 2.17. The van der Waals surface area contributed by atoms with Gasteiger partial charge in [0.25, 0.3) is 0 Å². The van der Waals surface area contributed by atoms with Gasteiger partial charge in [-0.15, -0.1) is 0 Å². The number of hydrogen-bond donors (Lipinski definition) is 3. The zero-order valence-electron chi connectivity index (χ0n) is 10.9. The number of primary amides is 1. The Balaban J connectivity index is 4.41. The normalized spacial score (nSPS) is 13.4. The fourth-order valence-electron chi connectivity index (χ4n) is 1.27. The van der Waals surface area contributed by atoms with E-state index in [0.29, 0.717) is 12.2 Å². The fourth-order valence-corrected chi connectivity index (χ4v) is 1.95. The van der Waals surface area contributed by atoms with Crippen LogP contribution in [0.4, 0.5) is 4.79 Å². The first-order valence-corrected chi connectivity index (χ1v) is 7.30. The first-order chi connectivity index (χ1) is 8.72. The minimum absolute atomic E-state index is 0.277. The number of carboxylic acids is 1. The Morgan fingerprint density at radius 1 is 1.37 bits per heavy atom. The molecular formula is C10H19N3O5S. The van der Waals surface area contributed by atoms with Crippen LogP contribution in [0, 0.1) is 0 Å². The lowest BCUT2D eigenvalue weighted by atomic mass is 10.2. The molecule has 8 nitrogen and oxygen atoms in total. The Morgan fingerprint density at radius 2 is 1.95 bits per heavy atom. The lowest BCUT2D eigenvalue weighted by molar-refractivity contribution is -0.137. The minimum Gasteiger partial charge on any atom is -0.480 e. The second-order valence-corrected chi connectivity index (χ2v) is 5.69. The largest absolute Gasteiger partial charge is 0.480 e. The molecule has 19 heavy (non-hydrogen) atoms. The van der Waals surface area contributed by atoms with E-state index in [2.05, 4.69) is 5.32 Å². The molecule has 0 heterocycles. The highest BCUT2D eigenvalue weighted by Crippen LogP contribution is 1.96. The number of nitrogens with two attached hydrogens (primary N) is 1. The van der Waals surface area contributed by atoms with Crippen molar-refractivity contribution in [2.45, 2.75) is 19.4 Å². The molecule has 4 N–H and O–H groups in total. The van der Waals surface area contributed by atoms with Gasteiger partial charge >= 0.3 is 12.0 Å². The van der Waals surface area contributed by atoms with Gasteiger partial charge in [0.2, 0.25) is 5.91 Å². The number of carbonyl (C=O) groups excluding carboxylic acids is 2. The van der Waals surface area contributed by atoms with Crippen molar-refractivity contribution in [2.24, 2.45) is 5.73 Å². The quantitative estimate of drug-likeness (QED) is 0.513. The molecule has 0 aliphatic rings. The van der Waals surface area contributed by atoms with Crippen molar-refractivity contribution in [3.63, 3.8) is 0 Å². The summed E-state index contributed by atoms with van der Waals surface area (Å²) in [5, 5.41) is 11.2. The van der Waals surface area contributed by atoms with Gasteiger partial charge in [0.15, 0.2) is 0 Å². The second-order valence-electron chi connectivity index (χ2n) is 4.13. The van der Waals surface area contributed by atoms with Crippen LogP contribution in [0.3, 0.4) is 0 Å². The third kappa shape index (κ3) is 9.00. The van der Waals surface area contributed by atoms with Crippen molar-refractivity contribution in [2.75, 3.05) is 25.1 Å². The molecule has 110 valence electrons. The minimum atomic E-state index is -1.24. The van der Waals surface area contributed by atoms with Crippen molar-refractivity contribution in [3.05, 3.63) is 0 Å². The molecule has 0 aliphatic carbocycles.